The largest absolute Gasteiger partial charge is 0.496 e. The van der Waals surface area contributed by atoms with Gasteiger partial charge >= 0.3 is 0 Å². The molecule has 2 unspecified atom stereocenters. The molecule has 0 bridgehead atoms. The number of methoxy groups -OCH3 is 1. The maximum Gasteiger partial charge on any atom is 0.155 e. The van der Waals surface area contributed by atoms with Crippen LogP contribution >= 0.6 is 23.2 Å². The molecule has 238 valence electrons. The number of allylic oxidation sites excluding steroid dienone is 4. The van der Waals surface area contributed by atoms with Crippen molar-refractivity contribution in [2.75, 3.05) is 13.7 Å². The van der Waals surface area contributed by atoms with Crippen LogP contribution in [0, 0.1) is 17.6 Å². The lowest BCUT2D eigenvalue weighted by atomic mass is 9.83. The first-order valence-electron chi connectivity index (χ1n) is 14.5. The van der Waals surface area contributed by atoms with Crippen molar-refractivity contribution in [1.29, 1.82) is 0 Å². The minimum Gasteiger partial charge on any atom is -0.496 e. The molecule has 2 atom stereocenters. The van der Waals surface area contributed by atoms with E-state index < -0.39 is 23.2 Å². The fraction of sp³-hybridized carbons (Fsp3) is 0.324. The number of hydrogen-bond donors (Lipinski definition) is 2. The summed E-state index contributed by atoms with van der Waals surface area (Å²) in [7, 11) is 1.50. The minimum absolute atomic E-state index is 0.0389. The van der Waals surface area contributed by atoms with Crippen LogP contribution in [0.15, 0.2) is 54.6 Å². The van der Waals surface area contributed by atoms with Gasteiger partial charge in [-0.3, -0.25) is 4.98 Å². The van der Waals surface area contributed by atoms with Crippen molar-refractivity contribution in [2.24, 2.45) is 5.92 Å². The third-order valence-electron chi connectivity index (χ3n) is 7.85. The lowest BCUT2D eigenvalue weighted by molar-refractivity contribution is -0.213. The molecular formula is C34H34Cl2F3N3O3. The summed E-state index contributed by atoms with van der Waals surface area (Å²) >= 11 is 12.7. The number of aromatic nitrogens is 1. The highest BCUT2D eigenvalue weighted by Gasteiger charge is 2.32. The Morgan fingerprint density at radius 1 is 1.16 bits per heavy atom. The number of hydrogen-bond acceptors (Lipinski definition) is 6. The summed E-state index contributed by atoms with van der Waals surface area (Å²) < 4.78 is 50.4. The standard InChI is InChI=1S/C34H34Cl2F3N3O3/c1-19-21(17-40-22-10-11-22)12-23(13-31(19)44-4)45-42(39)18-25(20-8-6-5-7-9-20)30-15-26(34(2,3)43)32(36)33(41-30)24-14-27(35)29(38)16-28(24)37/h5-8,12-17,20,22,25,40,43H,1,9-11,18H2,2-4H3/b21-17+. The zero-order valence-corrected chi connectivity index (χ0v) is 26.6. The van der Waals surface area contributed by atoms with Gasteiger partial charge in [0, 0.05) is 62.8 Å². The fourth-order valence-corrected chi connectivity index (χ4v) is 5.77. The zero-order chi connectivity index (χ0) is 32.5. The predicted octanol–water partition coefficient (Wildman–Crippen LogP) is 6.87. The third kappa shape index (κ3) is 7.66. The number of aliphatic hydroxyl groups is 1. The van der Waals surface area contributed by atoms with Crippen LogP contribution in [0.2, 0.25) is 10.0 Å². The van der Waals surface area contributed by atoms with Crippen LogP contribution in [-0.4, -0.2) is 35.1 Å². The Kier molecular flexibility index (Phi) is 9.84. The lowest BCUT2D eigenvalue weighted by Crippen LogP contribution is -2.32. The van der Waals surface area contributed by atoms with Crippen molar-refractivity contribution in [3.63, 3.8) is 0 Å². The SMILES string of the molecule is C=c1c(OC)cc(ON(F)CC(c2cc(C(C)(C)O)c(Cl)c(-c3cc(Cl)c(F)cc3F)n2)C2C=CC=CC2)c/c1=C\NC1CC1. The van der Waals surface area contributed by atoms with Crippen molar-refractivity contribution in [3.8, 4) is 22.8 Å². The van der Waals surface area contributed by atoms with E-state index in [1.807, 2.05) is 30.5 Å². The van der Waals surface area contributed by atoms with Crippen LogP contribution in [0.3, 0.4) is 0 Å². The van der Waals surface area contributed by atoms with Crippen molar-refractivity contribution >= 4 is 36.0 Å². The van der Waals surface area contributed by atoms with Gasteiger partial charge in [0.15, 0.2) is 5.75 Å². The van der Waals surface area contributed by atoms with Gasteiger partial charge in [0.2, 0.25) is 0 Å². The van der Waals surface area contributed by atoms with Gasteiger partial charge in [0.25, 0.3) is 0 Å². The zero-order valence-electron chi connectivity index (χ0n) is 25.1. The summed E-state index contributed by atoms with van der Waals surface area (Å²) in [6.07, 6.45) is 12.1. The van der Waals surface area contributed by atoms with Crippen LogP contribution in [0.25, 0.3) is 24.0 Å². The number of benzene rings is 2. The van der Waals surface area contributed by atoms with Crippen LogP contribution in [0.1, 0.15) is 50.3 Å². The smallest absolute Gasteiger partial charge is 0.155 e. The Morgan fingerprint density at radius 3 is 2.56 bits per heavy atom. The van der Waals surface area contributed by atoms with Crippen molar-refractivity contribution < 1.29 is 27.9 Å². The number of pyridine rings is 1. The van der Waals surface area contributed by atoms with E-state index in [1.54, 1.807) is 18.2 Å². The molecule has 2 N–H and O–H groups in total. The monoisotopic (exact) mass is 659 g/mol. The minimum atomic E-state index is -1.49. The summed E-state index contributed by atoms with van der Waals surface area (Å²) in [6.45, 7) is 6.81. The van der Waals surface area contributed by atoms with Crippen LogP contribution in [0.4, 0.5) is 13.3 Å². The highest BCUT2D eigenvalue weighted by Crippen LogP contribution is 2.41. The molecule has 6 nitrogen and oxygen atoms in total. The first-order chi connectivity index (χ1) is 21.3. The molecule has 0 aliphatic heterocycles. The first-order valence-corrected chi connectivity index (χ1v) is 15.3. The summed E-state index contributed by atoms with van der Waals surface area (Å²) in [5.74, 6) is -2.18. The maximum absolute atomic E-state index is 15.8. The molecule has 5 rings (SSSR count). The summed E-state index contributed by atoms with van der Waals surface area (Å²) in [5.41, 5.74) is -1.16. The molecule has 0 amide bonds. The van der Waals surface area contributed by atoms with Gasteiger partial charge in [0.1, 0.15) is 17.4 Å². The molecule has 2 aliphatic carbocycles. The van der Waals surface area contributed by atoms with E-state index in [1.165, 1.54) is 21.0 Å². The number of hydroxylamine groups is 1. The quantitative estimate of drug-likeness (QED) is 0.133. The van der Waals surface area contributed by atoms with Gasteiger partial charge < -0.3 is 20.0 Å². The van der Waals surface area contributed by atoms with Gasteiger partial charge in [-0.2, -0.15) is 0 Å². The van der Waals surface area contributed by atoms with Gasteiger partial charge in [-0.1, -0.05) is 58.6 Å². The number of ether oxygens (including phenoxy) is 1. The normalized spacial score (nSPS) is 17.6. The Hall–Kier alpha value is -3.50. The molecule has 45 heavy (non-hydrogen) atoms. The summed E-state index contributed by atoms with van der Waals surface area (Å²) in [6, 6.07) is 6.93. The molecule has 1 aromatic heterocycles. The van der Waals surface area contributed by atoms with E-state index in [2.05, 4.69) is 16.9 Å². The molecule has 3 aromatic rings. The number of nitrogens with one attached hydrogen (secondary N) is 1. The third-order valence-corrected chi connectivity index (χ3v) is 8.52. The van der Waals surface area contributed by atoms with Crippen LogP contribution in [0.5, 0.6) is 11.5 Å². The molecule has 2 aromatic carbocycles. The lowest BCUT2D eigenvalue weighted by Gasteiger charge is -2.29. The van der Waals surface area contributed by atoms with E-state index in [0.29, 0.717) is 40.4 Å². The van der Waals surface area contributed by atoms with Gasteiger partial charge in [0.05, 0.1) is 35.0 Å². The van der Waals surface area contributed by atoms with Gasteiger partial charge in [-0.15, -0.1) is 0 Å². The van der Waals surface area contributed by atoms with Crippen LogP contribution < -0.4 is 25.3 Å². The van der Waals surface area contributed by atoms with E-state index in [4.69, 9.17) is 32.8 Å². The Balaban J connectivity index is 1.55. The van der Waals surface area contributed by atoms with Gasteiger partial charge in [-0.25, -0.2) is 8.78 Å². The second kappa shape index (κ2) is 13.5. The van der Waals surface area contributed by atoms with Crippen molar-refractivity contribution in [1.82, 2.24) is 15.6 Å². The molecule has 1 fully saturated rings. The average molecular weight is 661 g/mol. The Labute approximate surface area is 270 Å². The molecule has 1 heterocycles. The van der Waals surface area contributed by atoms with E-state index in [0.717, 1.165) is 18.9 Å². The number of rotatable bonds is 11. The molecule has 0 saturated heterocycles. The van der Waals surface area contributed by atoms with E-state index in [-0.39, 0.29) is 50.4 Å². The molecule has 0 radical (unpaired) electrons. The van der Waals surface area contributed by atoms with E-state index >= 15 is 8.87 Å². The molecule has 2 aliphatic rings. The maximum atomic E-state index is 15.8. The summed E-state index contributed by atoms with van der Waals surface area (Å²) in [4.78, 5) is 10.3. The fourth-order valence-electron chi connectivity index (χ4n) is 5.18. The highest BCUT2D eigenvalue weighted by molar-refractivity contribution is 6.34. The average Bonchev–Trinajstić information content (AvgIpc) is 3.83. The molecular weight excluding hydrogens is 626 g/mol. The predicted molar refractivity (Wildman–Crippen MR) is 171 cm³/mol. The first kappa shape index (κ1) is 32.9. The number of halogens is 5. The Bertz CT molecular complexity index is 1760. The number of nitrogens with zero attached hydrogens (tertiary/aromatic N) is 2. The summed E-state index contributed by atoms with van der Waals surface area (Å²) in [5, 5.41) is 15.5. The van der Waals surface area contributed by atoms with Gasteiger partial charge in [-0.05, 0) is 57.2 Å². The highest BCUT2D eigenvalue weighted by atomic mass is 35.5. The topological polar surface area (TPSA) is 66.9 Å². The molecule has 11 heteroatoms. The second-order valence-corrected chi connectivity index (χ2v) is 12.5. The Morgan fingerprint density at radius 2 is 1.91 bits per heavy atom. The van der Waals surface area contributed by atoms with Crippen molar-refractivity contribution in [3.05, 3.63) is 98.0 Å². The van der Waals surface area contributed by atoms with Crippen molar-refractivity contribution in [2.45, 2.75) is 50.7 Å². The van der Waals surface area contributed by atoms with E-state index in [9.17, 15) is 9.50 Å². The second-order valence-electron chi connectivity index (χ2n) is 11.8. The molecule has 1 saturated carbocycles. The molecule has 0 spiro atoms. The van der Waals surface area contributed by atoms with Crippen LogP contribution in [-0.2, 0) is 5.60 Å².